The Balaban J connectivity index is 2.15. The number of ether oxygens (including phenoxy) is 2. The standard InChI is InChI=1S/C14H17FN2O7/c1-7(19)2-3-10(21)24-12-8(6-18)23-13(11(12)15)17-5-4-9(20)16-14(17)22/h4-5,8,11-13,18H,2-3,6H2,1H3,(H,16,20,22)/t8?,11-,12-,13?/m1/s1. The minimum Gasteiger partial charge on any atom is -0.456 e. The van der Waals surface area contributed by atoms with Crippen molar-refractivity contribution in [2.24, 2.45) is 0 Å². The van der Waals surface area contributed by atoms with Gasteiger partial charge in [-0.15, -0.1) is 0 Å². The van der Waals surface area contributed by atoms with Crippen LogP contribution in [0.3, 0.4) is 0 Å². The van der Waals surface area contributed by atoms with Crippen LogP contribution in [0.2, 0.25) is 0 Å². The molecule has 0 radical (unpaired) electrons. The Bertz CT molecular complexity index is 728. The molecule has 1 saturated heterocycles. The molecule has 0 aromatic carbocycles. The number of hydrogen-bond donors (Lipinski definition) is 2. The molecule has 2 rings (SSSR count). The highest BCUT2D eigenvalue weighted by Gasteiger charge is 2.48. The van der Waals surface area contributed by atoms with E-state index in [1.165, 1.54) is 6.92 Å². The molecule has 1 fully saturated rings. The number of rotatable bonds is 6. The van der Waals surface area contributed by atoms with Crippen LogP contribution in [0.5, 0.6) is 0 Å². The van der Waals surface area contributed by atoms with E-state index in [0.717, 1.165) is 16.8 Å². The molecular weight excluding hydrogens is 327 g/mol. The number of alkyl halides is 1. The lowest BCUT2D eigenvalue weighted by Gasteiger charge is -2.18. The third-order valence-corrected chi connectivity index (χ3v) is 3.52. The molecule has 1 aliphatic rings. The SMILES string of the molecule is CC(=O)CCC(=O)O[C@@H]1C(CO)OC(n2ccc(=O)[nH]c2=O)[C@@H]1F. The fraction of sp³-hybridized carbons (Fsp3) is 0.571. The number of nitrogens with one attached hydrogen (secondary N) is 1. The van der Waals surface area contributed by atoms with Crippen molar-refractivity contribution in [2.45, 2.75) is 44.4 Å². The number of carbonyl (C=O) groups excluding carboxylic acids is 2. The second-order valence-electron chi connectivity index (χ2n) is 5.37. The summed E-state index contributed by atoms with van der Waals surface area (Å²) < 4.78 is 25.6. The number of aromatic nitrogens is 2. The molecule has 0 bridgehead atoms. The van der Waals surface area contributed by atoms with Crippen molar-refractivity contribution >= 4 is 11.8 Å². The van der Waals surface area contributed by atoms with E-state index in [2.05, 4.69) is 0 Å². The van der Waals surface area contributed by atoms with Crippen LogP contribution >= 0.6 is 0 Å². The highest BCUT2D eigenvalue weighted by molar-refractivity contribution is 5.81. The lowest BCUT2D eigenvalue weighted by molar-refractivity contribution is -0.155. The molecule has 10 heteroatoms. The molecule has 24 heavy (non-hydrogen) atoms. The molecule has 9 nitrogen and oxygen atoms in total. The van der Waals surface area contributed by atoms with Crippen molar-refractivity contribution in [1.29, 1.82) is 0 Å². The Morgan fingerprint density at radius 3 is 2.71 bits per heavy atom. The molecule has 0 saturated carbocycles. The lowest BCUT2D eigenvalue weighted by Crippen LogP contribution is -2.37. The number of hydrogen-bond acceptors (Lipinski definition) is 7. The summed E-state index contributed by atoms with van der Waals surface area (Å²) in [6, 6.07) is 1.01. The van der Waals surface area contributed by atoms with Gasteiger partial charge in [0, 0.05) is 18.7 Å². The highest BCUT2D eigenvalue weighted by atomic mass is 19.1. The van der Waals surface area contributed by atoms with Crippen LogP contribution in [-0.4, -0.2) is 51.4 Å². The summed E-state index contributed by atoms with van der Waals surface area (Å²) in [6.45, 7) is 0.665. The van der Waals surface area contributed by atoms with Gasteiger partial charge in [-0.25, -0.2) is 9.18 Å². The van der Waals surface area contributed by atoms with Crippen LogP contribution in [0.4, 0.5) is 4.39 Å². The van der Waals surface area contributed by atoms with Gasteiger partial charge >= 0.3 is 11.7 Å². The van der Waals surface area contributed by atoms with Crippen molar-refractivity contribution in [3.8, 4) is 0 Å². The Kier molecular flexibility index (Phi) is 5.62. The smallest absolute Gasteiger partial charge is 0.330 e. The lowest BCUT2D eigenvalue weighted by atomic mass is 10.1. The van der Waals surface area contributed by atoms with Crippen molar-refractivity contribution < 1.29 is 28.6 Å². The molecule has 132 valence electrons. The van der Waals surface area contributed by atoms with Crippen molar-refractivity contribution in [3.05, 3.63) is 33.1 Å². The summed E-state index contributed by atoms with van der Waals surface area (Å²) >= 11 is 0. The minimum atomic E-state index is -1.94. The number of esters is 1. The summed E-state index contributed by atoms with van der Waals surface area (Å²) in [5.41, 5.74) is -1.55. The van der Waals surface area contributed by atoms with Gasteiger partial charge in [-0.3, -0.25) is 19.1 Å². The Morgan fingerprint density at radius 1 is 1.42 bits per heavy atom. The van der Waals surface area contributed by atoms with Gasteiger partial charge < -0.3 is 19.4 Å². The van der Waals surface area contributed by atoms with E-state index in [0.29, 0.717) is 0 Å². The number of nitrogens with zero attached hydrogens (tertiary/aromatic N) is 1. The molecule has 2 unspecified atom stereocenters. The fourth-order valence-electron chi connectivity index (χ4n) is 2.32. The Morgan fingerprint density at radius 2 is 2.12 bits per heavy atom. The second-order valence-corrected chi connectivity index (χ2v) is 5.37. The first kappa shape index (κ1) is 18.0. The number of halogens is 1. The average molecular weight is 344 g/mol. The van der Waals surface area contributed by atoms with Gasteiger partial charge in [-0.2, -0.15) is 0 Å². The van der Waals surface area contributed by atoms with Crippen LogP contribution in [0.1, 0.15) is 26.0 Å². The van der Waals surface area contributed by atoms with Crippen molar-refractivity contribution in [1.82, 2.24) is 9.55 Å². The van der Waals surface area contributed by atoms with Gasteiger partial charge in [0.05, 0.1) is 13.0 Å². The van der Waals surface area contributed by atoms with Gasteiger partial charge in [-0.05, 0) is 6.92 Å². The van der Waals surface area contributed by atoms with Gasteiger partial charge in [0.15, 0.2) is 18.5 Å². The quantitative estimate of drug-likeness (QED) is 0.637. The zero-order valence-corrected chi connectivity index (χ0v) is 12.8. The zero-order valence-electron chi connectivity index (χ0n) is 12.8. The summed E-state index contributed by atoms with van der Waals surface area (Å²) in [4.78, 5) is 47.3. The van der Waals surface area contributed by atoms with E-state index in [9.17, 15) is 28.7 Å². The molecule has 2 heterocycles. The predicted molar refractivity (Wildman–Crippen MR) is 77.0 cm³/mol. The van der Waals surface area contributed by atoms with Gasteiger partial charge in [-0.1, -0.05) is 0 Å². The largest absolute Gasteiger partial charge is 0.456 e. The highest BCUT2D eigenvalue weighted by Crippen LogP contribution is 2.33. The van der Waals surface area contributed by atoms with Gasteiger partial charge in [0.1, 0.15) is 11.9 Å². The summed E-state index contributed by atoms with van der Waals surface area (Å²) in [5.74, 6) is -1.03. The number of aliphatic hydroxyl groups is 1. The number of carbonyl (C=O) groups is 2. The summed E-state index contributed by atoms with van der Waals surface area (Å²) in [5, 5.41) is 9.28. The molecule has 1 aromatic heterocycles. The predicted octanol–water partition coefficient (Wildman–Crippen LogP) is -0.955. The molecule has 0 aliphatic carbocycles. The van der Waals surface area contributed by atoms with Crippen LogP contribution in [0, 0.1) is 0 Å². The van der Waals surface area contributed by atoms with E-state index in [1.54, 1.807) is 0 Å². The first-order chi connectivity index (χ1) is 11.3. The van der Waals surface area contributed by atoms with Crippen LogP contribution in [0.25, 0.3) is 0 Å². The molecule has 4 atom stereocenters. The average Bonchev–Trinajstić information content (AvgIpc) is 2.82. The molecule has 1 aromatic rings. The van der Waals surface area contributed by atoms with Crippen LogP contribution < -0.4 is 11.2 Å². The zero-order chi connectivity index (χ0) is 17.9. The molecular formula is C14H17FN2O7. The van der Waals surface area contributed by atoms with E-state index in [4.69, 9.17) is 9.47 Å². The molecule has 0 amide bonds. The third kappa shape index (κ3) is 3.95. The minimum absolute atomic E-state index is 0.0457. The number of aliphatic hydroxyl groups excluding tert-OH is 1. The van der Waals surface area contributed by atoms with Crippen molar-refractivity contribution in [3.63, 3.8) is 0 Å². The summed E-state index contributed by atoms with van der Waals surface area (Å²) in [7, 11) is 0. The van der Waals surface area contributed by atoms with E-state index in [-0.39, 0.29) is 18.6 Å². The molecule has 0 spiro atoms. The maximum Gasteiger partial charge on any atom is 0.330 e. The maximum absolute atomic E-state index is 14.6. The van der Waals surface area contributed by atoms with Crippen LogP contribution in [0.15, 0.2) is 21.9 Å². The Hall–Kier alpha value is -2.33. The second kappa shape index (κ2) is 7.49. The van der Waals surface area contributed by atoms with Crippen LogP contribution in [-0.2, 0) is 19.1 Å². The number of H-pyrrole nitrogens is 1. The van der Waals surface area contributed by atoms with E-state index in [1.807, 2.05) is 4.98 Å². The maximum atomic E-state index is 14.6. The number of Topliss-reactive ketones (excluding diaryl/α,β-unsaturated/α-hetero) is 1. The van der Waals surface area contributed by atoms with E-state index >= 15 is 0 Å². The van der Waals surface area contributed by atoms with Crippen molar-refractivity contribution in [2.75, 3.05) is 6.61 Å². The van der Waals surface area contributed by atoms with Gasteiger partial charge in [0.25, 0.3) is 5.56 Å². The monoisotopic (exact) mass is 344 g/mol. The Labute approximate surface area is 135 Å². The number of ketones is 1. The normalized spacial score (nSPS) is 26.3. The number of aromatic amines is 1. The first-order valence-corrected chi connectivity index (χ1v) is 7.24. The van der Waals surface area contributed by atoms with Gasteiger partial charge in [0.2, 0.25) is 0 Å². The topological polar surface area (TPSA) is 128 Å². The third-order valence-electron chi connectivity index (χ3n) is 3.52. The summed E-state index contributed by atoms with van der Waals surface area (Å²) in [6.07, 6.45) is -5.23. The molecule has 2 N–H and O–H groups in total. The first-order valence-electron chi connectivity index (χ1n) is 7.24. The fourth-order valence-corrected chi connectivity index (χ4v) is 2.32. The van der Waals surface area contributed by atoms with E-state index < -0.39 is 48.4 Å². The molecule has 1 aliphatic heterocycles.